The van der Waals surface area contributed by atoms with Crippen LogP contribution in [0.2, 0.25) is 0 Å². The summed E-state index contributed by atoms with van der Waals surface area (Å²) >= 11 is 0. The minimum atomic E-state index is -0.684. The predicted molar refractivity (Wildman–Crippen MR) is 87.2 cm³/mol. The second-order valence-corrected chi connectivity index (χ2v) is 5.51. The second-order valence-electron chi connectivity index (χ2n) is 5.51. The van der Waals surface area contributed by atoms with Gasteiger partial charge < -0.3 is 11.1 Å². The molecule has 0 spiro atoms. The van der Waals surface area contributed by atoms with Crippen molar-refractivity contribution in [3.63, 3.8) is 0 Å². The number of nitrogens with two attached hydrogens (primary N) is 1. The Hall–Kier alpha value is -2.62. The molecular formula is C18H20N2O2. The molecule has 0 fully saturated rings. The lowest BCUT2D eigenvalue weighted by atomic mass is 9.98. The van der Waals surface area contributed by atoms with Crippen molar-refractivity contribution in [3.8, 4) is 11.1 Å². The standard InChI is InChI=1S/C18H20N2O2/c1-12(2)16(17(19)21)20-18(22)15-11-7-6-10-14(15)13-8-4-3-5-9-13/h3-12,16H,1-2H3,(H2,19,21)(H,20,22). The maximum atomic E-state index is 12.5. The summed E-state index contributed by atoms with van der Waals surface area (Å²) in [5.41, 5.74) is 7.67. The first kappa shape index (κ1) is 15.8. The monoisotopic (exact) mass is 296 g/mol. The molecule has 1 atom stereocenters. The topological polar surface area (TPSA) is 72.2 Å². The summed E-state index contributed by atoms with van der Waals surface area (Å²) < 4.78 is 0. The number of hydrogen-bond donors (Lipinski definition) is 2. The minimum absolute atomic E-state index is 0.0645. The SMILES string of the molecule is CC(C)C(NC(=O)c1ccccc1-c1ccccc1)C(N)=O. The van der Waals surface area contributed by atoms with Gasteiger partial charge in [0, 0.05) is 5.56 Å². The number of carbonyl (C=O) groups is 2. The zero-order valence-electron chi connectivity index (χ0n) is 12.7. The Morgan fingerprint density at radius 2 is 1.55 bits per heavy atom. The lowest BCUT2D eigenvalue weighted by Gasteiger charge is -2.20. The molecule has 0 bridgehead atoms. The van der Waals surface area contributed by atoms with Crippen molar-refractivity contribution in [3.05, 3.63) is 60.2 Å². The van der Waals surface area contributed by atoms with Crippen LogP contribution in [0.15, 0.2) is 54.6 Å². The van der Waals surface area contributed by atoms with E-state index >= 15 is 0 Å². The molecule has 4 nitrogen and oxygen atoms in total. The van der Waals surface area contributed by atoms with Crippen molar-refractivity contribution in [2.45, 2.75) is 19.9 Å². The number of amides is 2. The highest BCUT2D eigenvalue weighted by molar-refractivity contribution is 6.02. The number of primary amides is 1. The molecule has 0 saturated heterocycles. The van der Waals surface area contributed by atoms with E-state index in [4.69, 9.17) is 5.73 Å². The molecule has 0 heterocycles. The van der Waals surface area contributed by atoms with E-state index in [1.165, 1.54) is 0 Å². The summed E-state index contributed by atoms with van der Waals surface area (Å²) in [6.45, 7) is 3.69. The predicted octanol–water partition coefficient (Wildman–Crippen LogP) is 2.59. The van der Waals surface area contributed by atoms with Crippen LogP contribution in [0.3, 0.4) is 0 Å². The molecule has 0 saturated carbocycles. The highest BCUT2D eigenvalue weighted by Gasteiger charge is 2.23. The quantitative estimate of drug-likeness (QED) is 0.890. The molecule has 2 rings (SSSR count). The summed E-state index contributed by atoms with van der Waals surface area (Å²) in [7, 11) is 0. The smallest absolute Gasteiger partial charge is 0.252 e. The maximum Gasteiger partial charge on any atom is 0.252 e. The minimum Gasteiger partial charge on any atom is -0.368 e. The van der Waals surface area contributed by atoms with Gasteiger partial charge in [0.2, 0.25) is 5.91 Å². The van der Waals surface area contributed by atoms with Crippen molar-refractivity contribution in [2.24, 2.45) is 11.7 Å². The van der Waals surface area contributed by atoms with E-state index in [1.807, 2.05) is 56.3 Å². The largest absolute Gasteiger partial charge is 0.368 e. The lowest BCUT2D eigenvalue weighted by molar-refractivity contribution is -0.120. The number of nitrogens with one attached hydrogen (secondary N) is 1. The van der Waals surface area contributed by atoms with Gasteiger partial charge in [-0.25, -0.2) is 0 Å². The first-order valence-electron chi connectivity index (χ1n) is 7.25. The van der Waals surface area contributed by atoms with Gasteiger partial charge >= 0.3 is 0 Å². The Bertz CT molecular complexity index is 666. The average Bonchev–Trinajstić information content (AvgIpc) is 2.52. The molecule has 2 aromatic carbocycles. The third kappa shape index (κ3) is 3.52. The normalized spacial score (nSPS) is 12.0. The first-order chi connectivity index (χ1) is 10.5. The van der Waals surface area contributed by atoms with Gasteiger partial charge in [-0.3, -0.25) is 9.59 Å². The van der Waals surface area contributed by atoms with E-state index in [0.717, 1.165) is 11.1 Å². The van der Waals surface area contributed by atoms with Gasteiger partial charge in [-0.05, 0) is 23.1 Å². The molecule has 114 valence electrons. The zero-order valence-corrected chi connectivity index (χ0v) is 12.7. The molecule has 1 unspecified atom stereocenters. The fourth-order valence-electron chi connectivity index (χ4n) is 2.34. The molecular weight excluding hydrogens is 276 g/mol. The van der Waals surface area contributed by atoms with E-state index in [2.05, 4.69) is 5.32 Å². The molecule has 4 heteroatoms. The molecule has 0 radical (unpaired) electrons. The Labute approximate surface area is 130 Å². The molecule has 2 amide bonds. The maximum absolute atomic E-state index is 12.5. The third-order valence-corrected chi connectivity index (χ3v) is 3.52. The molecule has 2 aromatic rings. The number of hydrogen-bond acceptors (Lipinski definition) is 2. The van der Waals surface area contributed by atoms with Crippen LogP contribution in [0.5, 0.6) is 0 Å². The average molecular weight is 296 g/mol. The molecule has 0 aliphatic heterocycles. The van der Waals surface area contributed by atoms with E-state index < -0.39 is 11.9 Å². The van der Waals surface area contributed by atoms with Crippen molar-refractivity contribution >= 4 is 11.8 Å². The van der Waals surface area contributed by atoms with E-state index in [0.29, 0.717) is 5.56 Å². The molecule has 0 aliphatic carbocycles. The van der Waals surface area contributed by atoms with Crippen molar-refractivity contribution in [1.82, 2.24) is 5.32 Å². The zero-order chi connectivity index (χ0) is 16.1. The summed E-state index contributed by atoms with van der Waals surface area (Å²) in [6, 6.07) is 16.3. The van der Waals surface area contributed by atoms with Crippen molar-refractivity contribution in [2.75, 3.05) is 0 Å². The number of benzene rings is 2. The van der Waals surface area contributed by atoms with Crippen LogP contribution in [0, 0.1) is 5.92 Å². The van der Waals surface area contributed by atoms with E-state index in [1.54, 1.807) is 12.1 Å². The second kappa shape index (κ2) is 6.89. The van der Waals surface area contributed by atoms with Crippen LogP contribution in [0.1, 0.15) is 24.2 Å². The Kier molecular flexibility index (Phi) is 4.94. The van der Waals surface area contributed by atoms with Crippen molar-refractivity contribution in [1.29, 1.82) is 0 Å². The summed E-state index contributed by atoms with van der Waals surface area (Å²) in [5, 5.41) is 2.73. The van der Waals surface area contributed by atoms with Crippen LogP contribution >= 0.6 is 0 Å². The lowest BCUT2D eigenvalue weighted by Crippen LogP contribution is -2.47. The molecule has 0 aliphatic rings. The van der Waals surface area contributed by atoms with Gasteiger partial charge in [-0.1, -0.05) is 62.4 Å². The summed E-state index contributed by atoms with van der Waals surface area (Å²) in [5.74, 6) is -0.886. The number of carbonyl (C=O) groups excluding carboxylic acids is 2. The van der Waals surface area contributed by atoms with Gasteiger partial charge in [0.15, 0.2) is 0 Å². The van der Waals surface area contributed by atoms with Gasteiger partial charge in [-0.15, -0.1) is 0 Å². The highest BCUT2D eigenvalue weighted by Crippen LogP contribution is 2.23. The van der Waals surface area contributed by atoms with E-state index in [-0.39, 0.29) is 11.8 Å². The van der Waals surface area contributed by atoms with Crippen molar-refractivity contribution < 1.29 is 9.59 Å². The van der Waals surface area contributed by atoms with Gasteiger partial charge in [0.25, 0.3) is 5.91 Å². The van der Waals surface area contributed by atoms with Gasteiger partial charge in [0.1, 0.15) is 6.04 Å². The van der Waals surface area contributed by atoms with Crippen LogP contribution in [0.25, 0.3) is 11.1 Å². The van der Waals surface area contributed by atoms with Gasteiger partial charge in [-0.2, -0.15) is 0 Å². The van der Waals surface area contributed by atoms with Gasteiger partial charge in [0.05, 0.1) is 0 Å². The van der Waals surface area contributed by atoms with Crippen LogP contribution in [-0.4, -0.2) is 17.9 Å². The first-order valence-corrected chi connectivity index (χ1v) is 7.25. The van der Waals surface area contributed by atoms with Crippen LogP contribution in [0.4, 0.5) is 0 Å². The fraction of sp³-hybridized carbons (Fsp3) is 0.222. The summed E-state index contributed by atoms with van der Waals surface area (Å²) in [6.07, 6.45) is 0. The Morgan fingerprint density at radius 3 is 2.14 bits per heavy atom. The van der Waals surface area contributed by atoms with E-state index in [9.17, 15) is 9.59 Å². The third-order valence-electron chi connectivity index (χ3n) is 3.52. The van der Waals surface area contributed by atoms with Crippen LogP contribution < -0.4 is 11.1 Å². The molecule has 3 N–H and O–H groups in total. The number of rotatable bonds is 5. The summed E-state index contributed by atoms with van der Waals surface area (Å²) in [4.78, 5) is 24.0. The Balaban J connectivity index is 2.33. The Morgan fingerprint density at radius 1 is 0.955 bits per heavy atom. The van der Waals surface area contributed by atoms with Crippen LogP contribution in [-0.2, 0) is 4.79 Å². The fourth-order valence-corrected chi connectivity index (χ4v) is 2.34. The highest BCUT2D eigenvalue weighted by atomic mass is 16.2. The molecule has 0 aromatic heterocycles. The molecule has 22 heavy (non-hydrogen) atoms.